The monoisotopic (exact) mass is 325 g/mol. The summed E-state index contributed by atoms with van der Waals surface area (Å²) in [6, 6.07) is 9.66. The number of anilines is 2. The largest absolute Gasteiger partial charge is 0.324 e. The van der Waals surface area contributed by atoms with Crippen molar-refractivity contribution >= 4 is 34.6 Å². The van der Waals surface area contributed by atoms with E-state index in [0.29, 0.717) is 16.8 Å². The van der Waals surface area contributed by atoms with Crippen molar-refractivity contribution in [3.05, 3.63) is 53.8 Å². The molecule has 1 aliphatic rings. The van der Waals surface area contributed by atoms with Gasteiger partial charge < -0.3 is 15.6 Å². The van der Waals surface area contributed by atoms with E-state index in [4.69, 9.17) is 0 Å². The Balaban J connectivity index is 1.52. The van der Waals surface area contributed by atoms with Gasteiger partial charge in [-0.1, -0.05) is 12.1 Å². The van der Waals surface area contributed by atoms with E-state index in [1.165, 1.54) is 18.2 Å². The maximum atomic E-state index is 13.4. The van der Waals surface area contributed by atoms with Gasteiger partial charge in [-0.3, -0.25) is 10.1 Å². The number of carbonyl (C=O) groups excluding carboxylic acids is 2. The van der Waals surface area contributed by atoms with Crippen molar-refractivity contribution < 1.29 is 14.0 Å². The Bertz CT molecular complexity index is 935. The number of nitrogens with zero attached hydrogens (tertiary/aromatic N) is 1. The number of hydrogen-bond acceptors (Lipinski definition) is 3. The average Bonchev–Trinajstić information content (AvgIpc) is 3.08. The van der Waals surface area contributed by atoms with E-state index in [1.807, 2.05) is 18.2 Å². The second kappa shape index (κ2) is 5.34. The molecule has 0 spiro atoms. The van der Waals surface area contributed by atoms with Crippen LogP contribution in [0.2, 0.25) is 0 Å². The third-order valence-corrected chi connectivity index (χ3v) is 3.74. The Morgan fingerprint density at radius 2 is 2.04 bits per heavy atom. The third kappa shape index (κ3) is 2.43. The molecule has 8 heteroatoms. The molecule has 4 rings (SSSR count). The van der Waals surface area contributed by atoms with Gasteiger partial charge in [0.25, 0.3) is 5.91 Å². The lowest BCUT2D eigenvalue weighted by atomic mass is 10.1. The summed E-state index contributed by atoms with van der Waals surface area (Å²) in [7, 11) is 0. The Morgan fingerprint density at radius 3 is 2.88 bits per heavy atom. The summed E-state index contributed by atoms with van der Waals surface area (Å²) in [5.41, 5.74) is 2.35. The number of hydrogen-bond donors (Lipinski definition) is 4. The maximum Gasteiger partial charge on any atom is 0.322 e. The van der Waals surface area contributed by atoms with E-state index in [1.54, 1.807) is 6.07 Å². The van der Waals surface area contributed by atoms with Crippen LogP contribution in [0.3, 0.4) is 0 Å². The molecule has 0 bridgehead atoms. The zero-order chi connectivity index (χ0) is 16.7. The summed E-state index contributed by atoms with van der Waals surface area (Å²) in [5, 5.41) is 7.64. The number of para-hydroxylation sites is 2. The summed E-state index contributed by atoms with van der Waals surface area (Å²) in [6.45, 7) is 0. The van der Waals surface area contributed by atoms with Crippen molar-refractivity contribution in [2.24, 2.45) is 0 Å². The molecule has 1 aliphatic heterocycles. The first-order chi connectivity index (χ1) is 11.6. The summed E-state index contributed by atoms with van der Waals surface area (Å²) in [4.78, 5) is 31.3. The van der Waals surface area contributed by atoms with Crippen LogP contribution in [0.1, 0.15) is 11.6 Å². The number of rotatable bonds is 2. The van der Waals surface area contributed by atoms with Crippen molar-refractivity contribution in [3.8, 4) is 0 Å². The zero-order valence-corrected chi connectivity index (χ0v) is 12.3. The number of aromatic nitrogens is 2. The maximum absolute atomic E-state index is 13.4. The molecule has 2 aromatic carbocycles. The fourth-order valence-electron chi connectivity index (χ4n) is 2.66. The standard InChI is InChI=1S/C16H12FN5O2/c17-8-5-6-10-9(7-8)13(14(23)18-10)21-16(24)22-15-19-11-3-1-2-4-12(11)20-15/h1-7,13H,(H,18,23)(H3,19,20,21,22,24). The van der Waals surface area contributed by atoms with Crippen molar-refractivity contribution in [2.75, 3.05) is 10.6 Å². The minimum atomic E-state index is -0.958. The number of fused-ring (bicyclic) bond motifs is 2. The second-order valence-corrected chi connectivity index (χ2v) is 5.35. The third-order valence-electron chi connectivity index (χ3n) is 3.74. The van der Waals surface area contributed by atoms with E-state index < -0.39 is 23.8 Å². The molecule has 3 aromatic rings. The van der Waals surface area contributed by atoms with Crippen LogP contribution in [0.25, 0.3) is 11.0 Å². The first-order valence-corrected chi connectivity index (χ1v) is 7.23. The lowest BCUT2D eigenvalue weighted by Crippen LogP contribution is -2.36. The van der Waals surface area contributed by atoms with E-state index >= 15 is 0 Å². The number of imidazole rings is 1. The highest BCUT2D eigenvalue weighted by molar-refractivity contribution is 6.05. The lowest BCUT2D eigenvalue weighted by Gasteiger charge is -2.11. The molecule has 0 radical (unpaired) electrons. The molecule has 1 atom stereocenters. The average molecular weight is 325 g/mol. The van der Waals surface area contributed by atoms with E-state index in [-0.39, 0.29) is 5.95 Å². The molecule has 3 amide bonds. The topological polar surface area (TPSA) is 98.9 Å². The number of carbonyl (C=O) groups is 2. The number of nitrogens with one attached hydrogen (secondary N) is 4. The number of H-pyrrole nitrogens is 1. The van der Waals surface area contributed by atoms with Gasteiger partial charge in [-0.05, 0) is 30.3 Å². The fraction of sp³-hybridized carbons (Fsp3) is 0.0625. The number of benzene rings is 2. The summed E-state index contributed by atoms with van der Waals surface area (Å²) >= 11 is 0. The molecule has 1 unspecified atom stereocenters. The number of aromatic amines is 1. The predicted octanol–water partition coefficient (Wildman–Crippen LogP) is 2.52. The molecule has 1 aromatic heterocycles. The second-order valence-electron chi connectivity index (χ2n) is 5.35. The van der Waals surface area contributed by atoms with Crippen molar-refractivity contribution in [1.29, 1.82) is 0 Å². The van der Waals surface area contributed by atoms with E-state index in [0.717, 1.165) is 5.52 Å². The molecule has 0 fully saturated rings. The van der Waals surface area contributed by atoms with Crippen LogP contribution in [-0.4, -0.2) is 21.9 Å². The molecular weight excluding hydrogens is 313 g/mol. The van der Waals surface area contributed by atoms with E-state index in [2.05, 4.69) is 25.9 Å². The van der Waals surface area contributed by atoms with Gasteiger partial charge in [0.05, 0.1) is 11.0 Å². The summed E-state index contributed by atoms with van der Waals surface area (Å²) in [6.07, 6.45) is 0. The molecule has 2 heterocycles. The van der Waals surface area contributed by atoms with Gasteiger partial charge in [0.15, 0.2) is 0 Å². The van der Waals surface area contributed by atoms with Crippen LogP contribution in [0.4, 0.5) is 20.8 Å². The molecule has 7 nitrogen and oxygen atoms in total. The van der Waals surface area contributed by atoms with Gasteiger partial charge in [-0.25, -0.2) is 14.2 Å². The summed E-state index contributed by atoms with van der Waals surface area (Å²) in [5.74, 6) is -0.642. The van der Waals surface area contributed by atoms with Crippen LogP contribution < -0.4 is 16.0 Å². The van der Waals surface area contributed by atoms with Crippen LogP contribution in [-0.2, 0) is 4.79 Å². The molecule has 0 aliphatic carbocycles. The molecular formula is C16H12FN5O2. The van der Waals surface area contributed by atoms with Crippen LogP contribution >= 0.6 is 0 Å². The first-order valence-electron chi connectivity index (χ1n) is 7.23. The lowest BCUT2D eigenvalue weighted by molar-refractivity contribution is -0.117. The highest BCUT2D eigenvalue weighted by atomic mass is 19.1. The Labute approximate surface area is 135 Å². The van der Waals surface area contributed by atoms with Crippen LogP contribution in [0, 0.1) is 5.82 Å². The van der Waals surface area contributed by atoms with Gasteiger partial charge in [0, 0.05) is 11.3 Å². The highest BCUT2D eigenvalue weighted by Crippen LogP contribution is 2.31. The van der Waals surface area contributed by atoms with Crippen molar-refractivity contribution in [3.63, 3.8) is 0 Å². The van der Waals surface area contributed by atoms with Gasteiger partial charge in [-0.2, -0.15) is 0 Å². The number of urea groups is 1. The minimum absolute atomic E-state index is 0.256. The predicted molar refractivity (Wildman–Crippen MR) is 86.0 cm³/mol. The molecule has 120 valence electrons. The zero-order valence-electron chi connectivity index (χ0n) is 12.3. The SMILES string of the molecule is O=C(Nc1nc2ccccc2[nH]1)NC1C(=O)Nc2ccc(F)cc21. The van der Waals surface area contributed by atoms with Crippen LogP contribution in [0.5, 0.6) is 0 Å². The number of amides is 3. The van der Waals surface area contributed by atoms with Gasteiger partial charge in [0.2, 0.25) is 5.95 Å². The highest BCUT2D eigenvalue weighted by Gasteiger charge is 2.32. The van der Waals surface area contributed by atoms with Gasteiger partial charge in [-0.15, -0.1) is 0 Å². The van der Waals surface area contributed by atoms with Crippen molar-refractivity contribution in [1.82, 2.24) is 15.3 Å². The smallest absolute Gasteiger partial charge is 0.322 e. The van der Waals surface area contributed by atoms with Crippen molar-refractivity contribution in [2.45, 2.75) is 6.04 Å². The Hall–Kier alpha value is -3.42. The first kappa shape index (κ1) is 14.2. The quantitative estimate of drug-likeness (QED) is 0.582. The number of halogens is 1. The molecule has 4 N–H and O–H groups in total. The van der Waals surface area contributed by atoms with Gasteiger partial charge in [0.1, 0.15) is 11.9 Å². The Morgan fingerprint density at radius 1 is 1.21 bits per heavy atom. The minimum Gasteiger partial charge on any atom is -0.324 e. The van der Waals surface area contributed by atoms with Gasteiger partial charge >= 0.3 is 6.03 Å². The molecule has 24 heavy (non-hydrogen) atoms. The molecule has 0 saturated carbocycles. The van der Waals surface area contributed by atoms with E-state index in [9.17, 15) is 14.0 Å². The normalized spacial score (nSPS) is 15.9. The van der Waals surface area contributed by atoms with Crippen LogP contribution in [0.15, 0.2) is 42.5 Å². The fourth-order valence-corrected chi connectivity index (χ4v) is 2.66. The Kier molecular flexibility index (Phi) is 3.16. The summed E-state index contributed by atoms with van der Waals surface area (Å²) < 4.78 is 13.4. The molecule has 0 saturated heterocycles.